The van der Waals surface area contributed by atoms with Crippen molar-refractivity contribution in [1.29, 1.82) is 0 Å². The molecule has 0 atom stereocenters. The Balaban J connectivity index is 2.26. The van der Waals surface area contributed by atoms with Gasteiger partial charge in [0.1, 0.15) is 11.6 Å². The van der Waals surface area contributed by atoms with Crippen molar-refractivity contribution >= 4 is 0 Å². The minimum atomic E-state index is -0.264. The second-order valence-electron chi connectivity index (χ2n) is 8.82. The van der Waals surface area contributed by atoms with E-state index < -0.39 is 0 Å². The van der Waals surface area contributed by atoms with Crippen molar-refractivity contribution in [2.75, 3.05) is 6.61 Å². The molecule has 2 nitrogen and oxygen atoms in total. The lowest BCUT2D eigenvalue weighted by Crippen LogP contribution is -2.19. The molecule has 1 N–H and O–H groups in total. The molecule has 26 heavy (non-hydrogen) atoms. The van der Waals surface area contributed by atoms with E-state index >= 15 is 0 Å². The molecule has 0 spiro atoms. The van der Waals surface area contributed by atoms with Gasteiger partial charge in [0.15, 0.2) is 0 Å². The van der Waals surface area contributed by atoms with Crippen LogP contribution in [0.3, 0.4) is 0 Å². The van der Waals surface area contributed by atoms with Crippen LogP contribution in [0.4, 0.5) is 4.39 Å². The van der Waals surface area contributed by atoms with Gasteiger partial charge in [0, 0.05) is 12.0 Å². The normalized spacial score (nSPS) is 12.3. The highest BCUT2D eigenvalue weighted by Crippen LogP contribution is 2.35. The number of hydrogen-bond acceptors (Lipinski definition) is 2. The molecule has 2 aromatic carbocycles. The van der Waals surface area contributed by atoms with Crippen LogP contribution in [-0.2, 0) is 23.9 Å². The first-order chi connectivity index (χ1) is 12.1. The standard InChI is InChI=1S/C23H31FO2/c1-22(2,3)18-11-7-10-17(15-25)21(18)26-14-13-16-9-8-12-19(24)20(16)23(4,5)6/h7-12,25H,13-15H2,1-6H3. The molecule has 0 heterocycles. The molecule has 0 saturated carbocycles. The van der Waals surface area contributed by atoms with Crippen molar-refractivity contribution < 1.29 is 14.2 Å². The average molecular weight is 358 g/mol. The summed E-state index contributed by atoms with van der Waals surface area (Å²) in [5, 5.41) is 9.68. The smallest absolute Gasteiger partial charge is 0.128 e. The van der Waals surface area contributed by atoms with E-state index in [0.717, 1.165) is 28.0 Å². The van der Waals surface area contributed by atoms with Gasteiger partial charge in [-0.2, -0.15) is 0 Å². The van der Waals surface area contributed by atoms with Crippen molar-refractivity contribution in [2.45, 2.75) is 65.4 Å². The Kier molecular flexibility index (Phi) is 6.13. The highest BCUT2D eigenvalue weighted by molar-refractivity contribution is 5.45. The van der Waals surface area contributed by atoms with E-state index in [0.29, 0.717) is 13.0 Å². The third kappa shape index (κ3) is 4.64. The van der Waals surface area contributed by atoms with Gasteiger partial charge in [-0.15, -0.1) is 0 Å². The SMILES string of the molecule is CC(C)(C)c1cccc(CO)c1OCCc1cccc(F)c1C(C)(C)C. The summed E-state index contributed by atoms with van der Waals surface area (Å²) in [6.45, 7) is 12.8. The third-order valence-corrected chi connectivity index (χ3v) is 4.54. The van der Waals surface area contributed by atoms with Crippen LogP contribution >= 0.6 is 0 Å². The Morgan fingerprint density at radius 3 is 2.08 bits per heavy atom. The zero-order valence-electron chi connectivity index (χ0n) is 16.8. The zero-order chi connectivity index (χ0) is 19.5. The molecular weight excluding hydrogens is 327 g/mol. The van der Waals surface area contributed by atoms with Crippen molar-refractivity contribution in [3.8, 4) is 5.75 Å². The van der Waals surface area contributed by atoms with E-state index in [9.17, 15) is 9.50 Å². The van der Waals surface area contributed by atoms with E-state index in [2.05, 4.69) is 20.8 Å². The number of aliphatic hydroxyl groups is 1. The summed E-state index contributed by atoms with van der Waals surface area (Å²) >= 11 is 0. The maximum absolute atomic E-state index is 14.4. The number of halogens is 1. The summed E-state index contributed by atoms with van der Waals surface area (Å²) in [5.74, 6) is 0.581. The number of ether oxygens (including phenoxy) is 1. The Hall–Kier alpha value is -1.87. The summed E-state index contributed by atoms with van der Waals surface area (Å²) < 4.78 is 20.5. The fourth-order valence-corrected chi connectivity index (χ4v) is 3.35. The molecule has 142 valence electrons. The predicted octanol–water partition coefficient (Wildman–Crippen LogP) is 5.53. The number of para-hydroxylation sites is 1. The van der Waals surface area contributed by atoms with Gasteiger partial charge in [-0.25, -0.2) is 4.39 Å². The zero-order valence-corrected chi connectivity index (χ0v) is 16.8. The number of hydrogen-bond donors (Lipinski definition) is 1. The topological polar surface area (TPSA) is 29.5 Å². The van der Waals surface area contributed by atoms with Crippen LogP contribution in [0.2, 0.25) is 0 Å². The molecule has 3 heteroatoms. The van der Waals surface area contributed by atoms with Crippen molar-refractivity contribution in [1.82, 2.24) is 0 Å². The van der Waals surface area contributed by atoms with Crippen LogP contribution in [0.5, 0.6) is 5.75 Å². The largest absolute Gasteiger partial charge is 0.493 e. The first kappa shape index (κ1) is 20.4. The molecule has 2 aromatic rings. The van der Waals surface area contributed by atoms with Gasteiger partial charge < -0.3 is 9.84 Å². The third-order valence-electron chi connectivity index (χ3n) is 4.54. The van der Waals surface area contributed by atoms with E-state index in [-0.39, 0.29) is 23.3 Å². The molecule has 0 fully saturated rings. The monoisotopic (exact) mass is 358 g/mol. The molecule has 0 amide bonds. The quantitative estimate of drug-likeness (QED) is 0.761. The molecule has 2 rings (SSSR count). The molecule has 0 aromatic heterocycles. The van der Waals surface area contributed by atoms with Crippen molar-refractivity contribution in [3.05, 3.63) is 64.5 Å². The van der Waals surface area contributed by atoms with E-state index in [1.807, 2.05) is 45.0 Å². The van der Waals surface area contributed by atoms with Crippen LogP contribution < -0.4 is 4.74 Å². The van der Waals surface area contributed by atoms with Gasteiger partial charge in [-0.3, -0.25) is 0 Å². The summed E-state index contributed by atoms with van der Waals surface area (Å²) in [6, 6.07) is 11.1. The molecule has 0 radical (unpaired) electrons. The molecule has 0 unspecified atom stereocenters. The minimum absolute atomic E-state index is 0.0630. The fourth-order valence-electron chi connectivity index (χ4n) is 3.35. The minimum Gasteiger partial charge on any atom is -0.493 e. The van der Waals surface area contributed by atoms with Crippen LogP contribution in [0.1, 0.15) is 63.8 Å². The van der Waals surface area contributed by atoms with Crippen LogP contribution in [-0.4, -0.2) is 11.7 Å². The number of aliphatic hydroxyl groups excluding tert-OH is 1. The Morgan fingerprint density at radius 2 is 1.50 bits per heavy atom. The molecular formula is C23H31FO2. The summed E-state index contributed by atoms with van der Waals surface area (Å²) in [7, 11) is 0. The van der Waals surface area contributed by atoms with Gasteiger partial charge in [0.05, 0.1) is 13.2 Å². The fraction of sp³-hybridized carbons (Fsp3) is 0.478. The maximum Gasteiger partial charge on any atom is 0.128 e. The Morgan fingerprint density at radius 1 is 0.885 bits per heavy atom. The molecule has 0 aliphatic heterocycles. The second-order valence-corrected chi connectivity index (χ2v) is 8.82. The number of rotatable bonds is 5. The molecule has 0 aliphatic carbocycles. The lowest BCUT2D eigenvalue weighted by molar-refractivity contribution is 0.260. The highest BCUT2D eigenvalue weighted by atomic mass is 19.1. The second kappa shape index (κ2) is 7.79. The maximum atomic E-state index is 14.4. The van der Waals surface area contributed by atoms with Crippen LogP contribution in [0.25, 0.3) is 0 Å². The van der Waals surface area contributed by atoms with Gasteiger partial charge >= 0.3 is 0 Å². The number of benzene rings is 2. The summed E-state index contributed by atoms with van der Waals surface area (Å²) in [6.07, 6.45) is 0.619. The molecule has 0 aliphatic rings. The average Bonchev–Trinajstić information content (AvgIpc) is 2.52. The van der Waals surface area contributed by atoms with Crippen LogP contribution in [0, 0.1) is 5.82 Å². The first-order valence-corrected chi connectivity index (χ1v) is 9.19. The molecule has 0 bridgehead atoms. The van der Waals surface area contributed by atoms with Crippen LogP contribution in [0.15, 0.2) is 36.4 Å². The Bertz CT molecular complexity index is 752. The van der Waals surface area contributed by atoms with E-state index in [4.69, 9.17) is 4.74 Å². The molecule has 0 saturated heterocycles. The lowest BCUT2D eigenvalue weighted by atomic mass is 9.82. The van der Waals surface area contributed by atoms with Gasteiger partial charge in [0.2, 0.25) is 0 Å². The lowest BCUT2D eigenvalue weighted by Gasteiger charge is -2.26. The van der Waals surface area contributed by atoms with E-state index in [1.54, 1.807) is 6.07 Å². The first-order valence-electron chi connectivity index (χ1n) is 9.19. The van der Waals surface area contributed by atoms with Crippen molar-refractivity contribution in [3.63, 3.8) is 0 Å². The van der Waals surface area contributed by atoms with Gasteiger partial charge in [-0.1, -0.05) is 71.9 Å². The summed E-state index contributed by atoms with van der Waals surface area (Å²) in [4.78, 5) is 0. The van der Waals surface area contributed by atoms with E-state index in [1.165, 1.54) is 6.07 Å². The highest BCUT2D eigenvalue weighted by Gasteiger charge is 2.23. The van der Waals surface area contributed by atoms with Crippen molar-refractivity contribution in [2.24, 2.45) is 0 Å². The van der Waals surface area contributed by atoms with Gasteiger partial charge in [-0.05, 0) is 33.6 Å². The predicted molar refractivity (Wildman–Crippen MR) is 105 cm³/mol. The van der Waals surface area contributed by atoms with Gasteiger partial charge in [0.25, 0.3) is 0 Å². The summed E-state index contributed by atoms with van der Waals surface area (Å²) in [5.41, 5.74) is 3.22. The Labute approximate surface area is 157 Å².